The van der Waals surface area contributed by atoms with E-state index in [2.05, 4.69) is 5.32 Å². The van der Waals surface area contributed by atoms with Crippen molar-refractivity contribution in [3.8, 4) is 0 Å². The molecule has 0 aromatic heterocycles. The van der Waals surface area contributed by atoms with Crippen LogP contribution in [0.2, 0.25) is 0 Å². The summed E-state index contributed by atoms with van der Waals surface area (Å²) in [5, 5.41) is 5.11. The highest BCUT2D eigenvalue weighted by atomic mass is 19.1. The Morgan fingerprint density at radius 2 is 1.92 bits per heavy atom. The number of nitrogens with one attached hydrogen (secondary N) is 1. The maximum Gasteiger partial charge on any atom is 0.326 e. The minimum Gasteiger partial charge on any atom is -0.307 e. The van der Waals surface area contributed by atoms with Crippen LogP contribution in [0.5, 0.6) is 0 Å². The highest BCUT2D eigenvalue weighted by molar-refractivity contribution is 6.08. The topological polar surface area (TPSA) is 32.3 Å². The van der Waals surface area contributed by atoms with Gasteiger partial charge in [0, 0.05) is 17.1 Å². The van der Waals surface area contributed by atoms with E-state index < -0.39 is 0 Å². The van der Waals surface area contributed by atoms with Crippen LogP contribution in [0.3, 0.4) is 0 Å². The van der Waals surface area contributed by atoms with E-state index in [0.29, 0.717) is 0 Å². The van der Waals surface area contributed by atoms with E-state index in [4.69, 9.17) is 0 Å². The highest BCUT2D eigenvalue weighted by Crippen LogP contribution is 2.32. The fraction of sp³-hybridized carbons (Fsp3) is 0.190. The Kier molecular flexibility index (Phi) is 3.88. The number of hydrogen-bond donors (Lipinski definition) is 1. The van der Waals surface area contributed by atoms with Crippen LogP contribution in [-0.2, 0) is 6.42 Å². The number of rotatable bonds is 1. The van der Waals surface area contributed by atoms with Crippen molar-refractivity contribution < 1.29 is 9.18 Å². The molecule has 3 nitrogen and oxygen atoms in total. The molecule has 4 heteroatoms. The van der Waals surface area contributed by atoms with Gasteiger partial charge in [-0.25, -0.2) is 9.18 Å². The van der Waals surface area contributed by atoms with Crippen LogP contribution in [0.25, 0.3) is 10.8 Å². The molecule has 126 valence electrons. The Morgan fingerprint density at radius 1 is 1.12 bits per heavy atom. The molecule has 1 N–H and O–H groups in total. The van der Waals surface area contributed by atoms with Crippen LogP contribution in [0.1, 0.15) is 18.9 Å². The third kappa shape index (κ3) is 2.84. The monoisotopic (exact) mass is 334 g/mol. The molecule has 0 spiro atoms. The fourth-order valence-corrected chi connectivity index (χ4v) is 3.54. The zero-order valence-electron chi connectivity index (χ0n) is 14.0. The van der Waals surface area contributed by atoms with Crippen LogP contribution in [0.4, 0.5) is 20.6 Å². The lowest BCUT2D eigenvalue weighted by Gasteiger charge is -2.35. The van der Waals surface area contributed by atoms with Gasteiger partial charge in [0.15, 0.2) is 0 Å². The molecule has 1 aliphatic rings. The molecular formula is C21H19FN2O. The zero-order chi connectivity index (χ0) is 17.4. The van der Waals surface area contributed by atoms with Crippen LogP contribution in [-0.4, -0.2) is 12.1 Å². The number of nitrogens with zero attached hydrogens (tertiary/aromatic N) is 1. The number of carbonyl (C=O) groups is 1. The van der Waals surface area contributed by atoms with Gasteiger partial charge >= 0.3 is 6.03 Å². The Hall–Kier alpha value is -2.88. The number of urea groups is 1. The van der Waals surface area contributed by atoms with Gasteiger partial charge in [-0.15, -0.1) is 0 Å². The summed E-state index contributed by atoms with van der Waals surface area (Å²) in [7, 11) is 0. The highest BCUT2D eigenvalue weighted by Gasteiger charge is 2.28. The largest absolute Gasteiger partial charge is 0.326 e. The number of amides is 2. The van der Waals surface area contributed by atoms with Gasteiger partial charge < -0.3 is 5.32 Å². The van der Waals surface area contributed by atoms with Crippen molar-refractivity contribution in [3.63, 3.8) is 0 Å². The number of hydrogen-bond acceptors (Lipinski definition) is 1. The Bertz CT molecular complexity index is 948. The SMILES string of the molecule is CC1CCc2cc(F)ccc2N1C(=O)Nc1cccc2ccccc12. The number of fused-ring (bicyclic) bond motifs is 2. The minimum absolute atomic E-state index is 0.0629. The molecule has 1 aliphatic heterocycles. The molecule has 3 aromatic rings. The average Bonchev–Trinajstić information content (AvgIpc) is 2.62. The van der Waals surface area contributed by atoms with Gasteiger partial charge in [-0.2, -0.15) is 0 Å². The van der Waals surface area contributed by atoms with Crippen LogP contribution in [0.15, 0.2) is 60.7 Å². The molecule has 1 atom stereocenters. The lowest BCUT2D eigenvalue weighted by atomic mass is 9.97. The third-order valence-electron chi connectivity index (χ3n) is 4.82. The first-order chi connectivity index (χ1) is 12.1. The fourth-order valence-electron chi connectivity index (χ4n) is 3.54. The van der Waals surface area contributed by atoms with Crippen molar-refractivity contribution >= 4 is 28.2 Å². The quantitative estimate of drug-likeness (QED) is 0.639. The number of carbonyl (C=O) groups excluding carboxylic acids is 1. The summed E-state index contributed by atoms with van der Waals surface area (Å²) in [4.78, 5) is 14.7. The number of benzene rings is 3. The lowest BCUT2D eigenvalue weighted by Crippen LogP contribution is -2.44. The van der Waals surface area contributed by atoms with E-state index in [1.807, 2.05) is 49.4 Å². The molecule has 0 fully saturated rings. The average molecular weight is 334 g/mol. The van der Waals surface area contributed by atoms with Gasteiger partial charge in [-0.05, 0) is 55.0 Å². The molecule has 4 rings (SSSR count). The maximum absolute atomic E-state index is 13.5. The molecule has 25 heavy (non-hydrogen) atoms. The summed E-state index contributed by atoms with van der Waals surface area (Å²) >= 11 is 0. The molecule has 0 aliphatic carbocycles. The van der Waals surface area contributed by atoms with Gasteiger partial charge in [0.2, 0.25) is 0 Å². The van der Waals surface area contributed by atoms with E-state index in [1.54, 1.807) is 11.0 Å². The van der Waals surface area contributed by atoms with E-state index in [-0.39, 0.29) is 17.9 Å². The van der Waals surface area contributed by atoms with Crippen molar-refractivity contribution in [2.24, 2.45) is 0 Å². The second kappa shape index (κ2) is 6.20. The van der Waals surface area contributed by atoms with Gasteiger partial charge in [-0.3, -0.25) is 4.90 Å². The number of aryl methyl sites for hydroxylation is 1. The third-order valence-corrected chi connectivity index (χ3v) is 4.82. The predicted octanol–water partition coefficient (Wildman–Crippen LogP) is 5.35. The Balaban J connectivity index is 1.69. The first-order valence-electron chi connectivity index (χ1n) is 8.50. The minimum atomic E-state index is -0.261. The second-order valence-corrected chi connectivity index (χ2v) is 6.49. The smallest absolute Gasteiger partial charge is 0.307 e. The molecule has 3 aromatic carbocycles. The van der Waals surface area contributed by atoms with E-state index in [9.17, 15) is 9.18 Å². The Labute approximate surface area is 146 Å². The first-order valence-corrected chi connectivity index (χ1v) is 8.50. The van der Waals surface area contributed by atoms with Gasteiger partial charge in [0.05, 0.1) is 5.69 Å². The number of halogens is 1. The van der Waals surface area contributed by atoms with Crippen molar-refractivity contribution in [3.05, 3.63) is 72.0 Å². The summed E-state index contributed by atoms with van der Waals surface area (Å²) in [6.07, 6.45) is 1.60. The predicted molar refractivity (Wildman–Crippen MR) is 99.6 cm³/mol. The summed E-state index contributed by atoms with van der Waals surface area (Å²) in [5.41, 5.74) is 2.45. The molecule has 0 bridgehead atoms. The summed E-state index contributed by atoms with van der Waals surface area (Å²) in [6.45, 7) is 2.02. The van der Waals surface area contributed by atoms with Crippen molar-refractivity contribution in [2.45, 2.75) is 25.8 Å². The van der Waals surface area contributed by atoms with E-state index in [1.165, 1.54) is 12.1 Å². The molecule has 0 radical (unpaired) electrons. The summed E-state index contributed by atoms with van der Waals surface area (Å²) < 4.78 is 13.5. The lowest BCUT2D eigenvalue weighted by molar-refractivity contribution is 0.254. The van der Waals surface area contributed by atoms with E-state index in [0.717, 1.165) is 40.6 Å². The van der Waals surface area contributed by atoms with Gasteiger partial charge in [0.25, 0.3) is 0 Å². The van der Waals surface area contributed by atoms with Crippen LogP contribution >= 0.6 is 0 Å². The van der Waals surface area contributed by atoms with Crippen molar-refractivity contribution in [1.29, 1.82) is 0 Å². The molecular weight excluding hydrogens is 315 g/mol. The van der Waals surface area contributed by atoms with Crippen LogP contribution in [0, 0.1) is 5.82 Å². The second-order valence-electron chi connectivity index (χ2n) is 6.49. The van der Waals surface area contributed by atoms with Crippen LogP contribution < -0.4 is 10.2 Å². The maximum atomic E-state index is 13.5. The Morgan fingerprint density at radius 3 is 2.80 bits per heavy atom. The normalized spacial score (nSPS) is 16.6. The summed E-state index contributed by atoms with van der Waals surface area (Å²) in [6, 6.07) is 18.3. The molecule has 0 saturated heterocycles. The molecule has 0 saturated carbocycles. The standard InChI is InChI=1S/C21H19FN2O/c1-14-9-10-16-13-17(22)11-12-20(16)24(14)21(25)23-19-8-4-6-15-5-2-3-7-18(15)19/h2-8,11-14H,9-10H2,1H3,(H,23,25). The molecule has 1 unspecified atom stereocenters. The van der Waals surface area contributed by atoms with E-state index >= 15 is 0 Å². The number of anilines is 2. The summed E-state index contributed by atoms with van der Waals surface area (Å²) in [5.74, 6) is -0.261. The van der Waals surface area contributed by atoms with Crippen molar-refractivity contribution in [1.82, 2.24) is 0 Å². The van der Waals surface area contributed by atoms with Crippen molar-refractivity contribution in [2.75, 3.05) is 10.2 Å². The molecule has 2 amide bonds. The van der Waals surface area contributed by atoms with Gasteiger partial charge in [-0.1, -0.05) is 36.4 Å². The molecule has 1 heterocycles. The van der Waals surface area contributed by atoms with Gasteiger partial charge in [0.1, 0.15) is 5.82 Å². The zero-order valence-corrected chi connectivity index (χ0v) is 14.0. The first kappa shape index (κ1) is 15.6.